The highest BCUT2D eigenvalue weighted by molar-refractivity contribution is 8.76. The minimum Gasteiger partial charge on any atom is -0.374 e. The Balaban J connectivity index is 2.58. The minimum atomic E-state index is 0.0586. The third kappa shape index (κ3) is 8.82. The van der Waals surface area contributed by atoms with Gasteiger partial charge in [0.15, 0.2) is 0 Å². The third-order valence-electron chi connectivity index (χ3n) is 6.33. The molecule has 0 aromatic heterocycles. The molecule has 0 bridgehead atoms. The predicted octanol–water partition coefficient (Wildman–Crippen LogP) is 10.1. The lowest BCUT2D eigenvalue weighted by molar-refractivity contribution is 0.0599. The number of aryl methyl sites for hydroxylation is 2. The van der Waals surface area contributed by atoms with Gasteiger partial charge >= 0.3 is 0 Å². The van der Waals surface area contributed by atoms with Gasteiger partial charge in [-0.05, 0) is 84.7 Å². The summed E-state index contributed by atoms with van der Waals surface area (Å²) < 4.78 is 12.3. The summed E-state index contributed by atoms with van der Waals surface area (Å²) >= 11 is 0. The average Bonchev–Trinajstić information content (AvgIpc) is 2.78. The fraction of sp³-hybridized carbons (Fsp3) is 0.625. The number of hydrogen-bond acceptors (Lipinski definition) is 4. The van der Waals surface area contributed by atoms with Gasteiger partial charge in [-0.1, -0.05) is 101 Å². The van der Waals surface area contributed by atoms with Crippen LogP contribution in [0.15, 0.2) is 34.1 Å². The third-order valence-corrected chi connectivity index (χ3v) is 9.05. The van der Waals surface area contributed by atoms with Crippen LogP contribution >= 0.6 is 21.6 Å². The van der Waals surface area contributed by atoms with Crippen molar-refractivity contribution >= 4 is 21.6 Å². The number of hydrogen-bond donors (Lipinski definition) is 0. The van der Waals surface area contributed by atoms with Gasteiger partial charge in [-0.15, -0.1) is 0 Å². The molecule has 0 fully saturated rings. The van der Waals surface area contributed by atoms with Crippen LogP contribution in [0.3, 0.4) is 0 Å². The molecular weight excluding hydrogens is 480 g/mol. The van der Waals surface area contributed by atoms with Gasteiger partial charge in [0.05, 0.1) is 25.4 Å². The van der Waals surface area contributed by atoms with Crippen molar-refractivity contribution in [2.45, 2.75) is 142 Å². The molecule has 0 N–H and O–H groups in total. The normalized spacial score (nSPS) is 12.7. The van der Waals surface area contributed by atoms with E-state index in [2.05, 4.69) is 107 Å². The Kier molecular flexibility index (Phi) is 11.5. The summed E-state index contributed by atoms with van der Waals surface area (Å²) in [6, 6.07) is 9.56. The fourth-order valence-electron chi connectivity index (χ4n) is 3.92. The van der Waals surface area contributed by atoms with Crippen molar-refractivity contribution in [3.8, 4) is 0 Å². The first kappa shape index (κ1) is 31.3. The van der Waals surface area contributed by atoms with Crippen LogP contribution in [-0.2, 0) is 46.4 Å². The number of rotatable bonds is 11. The lowest BCUT2D eigenvalue weighted by Crippen LogP contribution is -2.15. The van der Waals surface area contributed by atoms with Gasteiger partial charge in [0.25, 0.3) is 0 Å². The van der Waals surface area contributed by atoms with Crippen molar-refractivity contribution in [2.24, 2.45) is 0 Å². The van der Waals surface area contributed by atoms with Crippen LogP contribution in [0.1, 0.15) is 116 Å². The van der Waals surface area contributed by atoms with Gasteiger partial charge in [0.2, 0.25) is 0 Å². The minimum absolute atomic E-state index is 0.0586. The first-order valence-corrected chi connectivity index (χ1v) is 15.7. The molecule has 2 aromatic rings. The van der Waals surface area contributed by atoms with Crippen LogP contribution in [0, 0.1) is 0 Å². The zero-order valence-corrected chi connectivity index (χ0v) is 26.6. The molecule has 0 radical (unpaired) electrons. The highest BCUT2D eigenvalue weighted by Crippen LogP contribution is 2.46. The van der Waals surface area contributed by atoms with Crippen LogP contribution in [0.5, 0.6) is 0 Å². The van der Waals surface area contributed by atoms with Crippen LogP contribution in [0.2, 0.25) is 0 Å². The Labute approximate surface area is 230 Å². The SMILES string of the molecule is CCc1cc(C(C)(C)C)cc(CC)c1SSc1c(COC(C)C)cc(C(C)(C)C)cc1COC(C)C. The highest BCUT2D eigenvalue weighted by atomic mass is 33.1. The zero-order chi connectivity index (χ0) is 27.3. The molecule has 0 saturated carbocycles. The van der Waals surface area contributed by atoms with Gasteiger partial charge in [0.1, 0.15) is 0 Å². The van der Waals surface area contributed by atoms with Crippen LogP contribution in [0.25, 0.3) is 0 Å². The summed E-state index contributed by atoms with van der Waals surface area (Å²) in [6.45, 7) is 28.0. The van der Waals surface area contributed by atoms with Gasteiger partial charge in [-0.2, -0.15) is 0 Å². The molecule has 0 aliphatic heterocycles. The van der Waals surface area contributed by atoms with Crippen molar-refractivity contribution < 1.29 is 9.47 Å². The molecule has 0 aliphatic carbocycles. The molecule has 0 amide bonds. The molecule has 0 saturated heterocycles. The number of ether oxygens (including phenoxy) is 2. The summed E-state index contributed by atoms with van der Waals surface area (Å²) in [4.78, 5) is 2.71. The van der Waals surface area contributed by atoms with Gasteiger partial charge < -0.3 is 9.47 Å². The van der Waals surface area contributed by atoms with Crippen molar-refractivity contribution in [2.75, 3.05) is 0 Å². The van der Waals surface area contributed by atoms with Crippen molar-refractivity contribution in [1.29, 1.82) is 0 Å². The average molecular weight is 531 g/mol. The zero-order valence-electron chi connectivity index (χ0n) is 24.9. The quantitative estimate of drug-likeness (QED) is 0.269. The van der Waals surface area contributed by atoms with E-state index in [4.69, 9.17) is 9.47 Å². The maximum Gasteiger partial charge on any atom is 0.0731 e. The Morgan fingerprint density at radius 2 is 0.889 bits per heavy atom. The van der Waals surface area contributed by atoms with Crippen molar-refractivity contribution in [1.82, 2.24) is 0 Å². The maximum atomic E-state index is 6.15. The van der Waals surface area contributed by atoms with E-state index < -0.39 is 0 Å². The Morgan fingerprint density at radius 1 is 0.583 bits per heavy atom. The summed E-state index contributed by atoms with van der Waals surface area (Å²) in [6.07, 6.45) is 2.45. The second kappa shape index (κ2) is 13.2. The molecule has 4 heteroatoms. The summed E-state index contributed by atoms with van der Waals surface area (Å²) in [5, 5.41) is 0. The molecule has 0 atom stereocenters. The van der Waals surface area contributed by atoms with Gasteiger partial charge in [0, 0.05) is 9.79 Å². The molecular formula is C32H50O2S2. The summed E-state index contributed by atoms with van der Waals surface area (Å²) in [7, 11) is 3.79. The largest absolute Gasteiger partial charge is 0.374 e. The van der Waals surface area contributed by atoms with Gasteiger partial charge in [-0.3, -0.25) is 0 Å². The van der Waals surface area contributed by atoms with Gasteiger partial charge in [-0.25, -0.2) is 0 Å². The Bertz CT molecular complexity index is 936. The molecule has 202 valence electrons. The number of benzene rings is 2. The van der Waals surface area contributed by atoms with E-state index in [1.165, 1.54) is 43.2 Å². The Morgan fingerprint density at radius 3 is 1.17 bits per heavy atom. The van der Waals surface area contributed by atoms with E-state index in [1.807, 2.05) is 21.6 Å². The second-order valence-electron chi connectivity index (χ2n) is 12.3. The topological polar surface area (TPSA) is 18.5 Å². The fourth-order valence-corrected chi connectivity index (χ4v) is 6.95. The van der Waals surface area contributed by atoms with E-state index in [0.717, 1.165) is 12.8 Å². The van der Waals surface area contributed by atoms with E-state index in [-0.39, 0.29) is 23.0 Å². The van der Waals surface area contributed by atoms with Crippen LogP contribution in [0.4, 0.5) is 0 Å². The lowest BCUT2D eigenvalue weighted by atomic mass is 9.84. The second-order valence-corrected chi connectivity index (χ2v) is 14.5. The monoisotopic (exact) mass is 530 g/mol. The molecule has 0 unspecified atom stereocenters. The summed E-state index contributed by atoms with van der Waals surface area (Å²) in [5.41, 5.74) is 8.39. The first-order chi connectivity index (χ1) is 16.7. The molecule has 2 rings (SSSR count). The standard InChI is InChI=1S/C32H50O2S2/c1-13-23-15-27(31(7,8)9)16-24(14-2)29(23)35-36-30-25(19-33-21(3)4)17-28(32(10,11)12)18-26(30)20-34-22(5)6/h15-18,21-22H,13-14,19-20H2,1-12H3. The first-order valence-electron chi connectivity index (χ1n) is 13.6. The van der Waals surface area contributed by atoms with Crippen molar-refractivity contribution in [3.05, 3.63) is 57.6 Å². The van der Waals surface area contributed by atoms with E-state index in [9.17, 15) is 0 Å². The van der Waals surface area contributed by atoms with E-state index in [0.29, 0.717) is 13.2 Å². The van der Waals surface area contributed by atoms with Crippen molar-refractivity contribution in [3.63, 3.8) is 0 Å². The van der Waals surface area contributed by atoms with Crippen LogP contribution in [-0.4, -0.2) is 12.2 Å². The predicted molar refractivity (Wildman–Crippen MR) is 161 cm³/mol. The highest BCUT2D eigenvalue weighted by Gasteiger charge is 2.22. The summed E-state index contributed by atoms with van der Waals surface area (Å²) in [5.74, 6) is 0. The van der Waals surface area contributed by atoms with E-state index >= 15 is 0 Å². The molecule has 36 heavy (non-hydrogen) atoms. The molecule has 0 aliphatic rings. The molecule has 0 spiro atoms. The van der Waals surface area contributed by atoms with Crippen LogP contribution < -0.4 is 0 Å². The van der Waals surface area contributed by atoms with E-state index in [1.54, 1.807) is 0 Å². The maximum absolute atomic E-state index is 6.15. The molecule has 2 nitrogen and oxygen atoms in total. The molecule has 0 heterocycles. The lowest BCUT2D eigenvalue weighted by Gasteiger charge is -2.25. The smallest absolute Gasteiger partial charge is 0.0731 e. The Hall–Kier alpha value is -0.940. The molecule has 2 aromatic carbocycles.